The first kappa shape index (κ1) is 16.7. The summed E-state index contributed by atoms with van der Waals surface area (Å²) >= 11 is 0. The highest BCUT2D eigenvalue weighted by Gasteiger charge is 2.09. The van der Waals surface area contributed by atoms with Crippen molar-refractivity contribution in [2.45, 2.75) is 0 Å². The van der Waals surface area contributed by atoms with Gasteiger partial charge < -0.3 is 4.74 Å². The molecule has 0 aliphatic rings. The maximum Gasteiger partial charge on any atom is 0.258 e. The van der Waals surface area contributed by atoms with Gasteiger partial charge in [-0.05, 0) is 47.2 Å². The molecule has 5 nitrogen and oxygen atoms in total. The summed E-state index contributed by atoms with van der Waals surface area (Å²) in [5.41, 5.74) is 2.25. The van der Waals surface area contributed by atoms with Gasteiger partial charge in [0, 0.05) is 17.3 Å². The smallest absolute Gasteiger partial charge is 0.258 e. The van der Waals surface area contributed by atoms with E-state index in [1.165, 1.54) is 0 Å². The SMILES string of the molecule is COc1ccc2cc(-c3ccnc(NC(=O)c4ccccc4)n3)ccc2c1. The number of fused-ring (bicyclic) bond motifs is 1. The molecule has 27 heavy (non-hydrogen) atoms. The van der Waals surface area contributed by atoms with Gasteiger partial charge in [0.25, 0.3) is 5.91 Å². The molecule has 1 N–H and O–H groups in total. The zero-order valence-electron chi connectivity index (χ0n) is 14.7. The molecule has 1 aromatic heterocycles. The van der Waals surface area contributed by atoms with E-state index in [0.29, 0.717) is 5.56 Å². The van der Waals surface area contributed by atoms with Gasteiger partial charge in [0.05, 0.1) is 12.8 Å². The minimum atomic E-state index is -0.238. The molecule has 0 saturated carbocycles. The molecular formula is C22H17N3O2. The lowest BCUT2D eigenvalue weighted by molar-refractivity contribution is 0.102. The van der Waals surface area contributed by atoms with E-state index in [2.05, 4.69) is 21.4 Å². The first-order valence-electron chi connectivity index (χ1n) is 8.50. The molecule has 1 amide bonds. The standard InChI is InChI=1S/C22H17N3O2/c1-27-19-10-9-16-13-18(8-7-17(16)14-19)20-11-12-23-22(24-20)25-21(26)15-5-3-2-4-6-15/h2-14H,1H3,(H,23,24,25,26). The number of amides is 1. The van der Waals surface area contributed by atoms with Crippen LogP contribution in [-0.2, 0) is 0 Å². The van der Waals surface area contributed by atoms with Crippen molar-refractivity contribution in [1.82, 2.24) is 9.97 Å². The minimum Gasteiger partial charge on any atom is -0.497 e. The van der Waals surface area contributed by atoms with Gasteiger partial charge in [-0.3, -0.25) is 10.1 Å². The lowest BCUT2D eigenvalue weighted by Gasteiger charge is -2.08. The zero-order valence-corrected chi connectivity index (χ0v) is 14.7. The highest BCUT2D eigenvalue weighted by molar-refractivity contribution is 6.03. The molecule has 0 aliphatic heterocycles. The van der Waals surface area contributed by atoms with Crippen LogP contribution in [0.25, 0.3) is 22.0 Å². The van der Waals surface area contributed by atoms with E-state index in [4.69, 9.17) is 4.74 Å². The average Bonchev–Trinajstić information content (AvgIpc) is 2.73. The Bertz CT molecular complexity index is 1110. The van der Waals surface area contributed by atoms with Crippen LogP contribution in [-0.4, -0.2) is 23.0 Å². The monoisotopic (exact) mass is 355 g/mol. The molecule has 0 spiro atoms. The first-order valence-corrected chi connectivity index (χ1v) is 8.50. The first-order chi connectivity index (χ1) is 13.2. The Hall–Kier alpha value is -3.73. The van der Waals surface area contributed by atoms with Crippen LogP contribution in [0.2, 0.25) is 0 Å². The van der Waals surface area contributed by atoms with E-state index in [9.17, 15) is 4.79 Å². The fourth-order valence-electron chi connectivity index (χ4n) is 2.85. The van der Waals surface area contributed by atoms with Crippen LogP contribution in [0.1, 0.15) is 10.4 Å². The molecule has 4 rings (SSSR count). The molecule has 0 aliphatic carbocycles. The molecule has 0 unspecified atom stereocenters. The number of aromatic nitrogens is 2. The van der Waals surface area contributed by atoms with Crippen LogP contribution in [0.15, 0.2) is 79.0 Å². The fraction of sp³-hybridized carbons (Fsp3) is 0.0455. The third-order valence-electron chi connectivity index (χ3n) is 4.26. The summed E-state index contributed by atoms with van der Waals surface area (Å²) in [6.07, 6.45) is 1.64. The van der Waals surface area contributed by atoms with E-state index in [-0.39, 0.29) is 11.9 Å². The molecule has 5 heteroatoms. The Balaban J connectivity index is 1.62. The Morgan fingerprint density at radius 3 is 2.52 bits per heavy atom. The highest BCUT2D eigenvalue weighted by Crippen LogP contribution is 2.26. The predicted octanol–water partition coefficient (Wildman–Crippen LogP) is 4.56. The van der Waals surface area contributed by atoms with Crippen molar-refractivity contribution < 1.29 is 9.53 Å². The molecular weight excluding hydrogens is 338 g/mol. The maximum atomic E-state index is 12.3. The molecule has 0 fully saturated rings. The number of nitrogens with zero attached hydrogens (tertiary/aromatic N) is 2. The number of hydrogen-bond acceptors (Lipinski definition) is 4. The Kier molecular flexibility index (Phi) is 4.49. The highest BCUT2D eigenvalue weighted by atomic mass is 16.5. The van der Waals surface area contributed by atoms with E-state index >= 15 is 0 Å². The van der Waals surface area contributed by atoms with Crippen LogP contribution in [0.3, 0.4) is 0 Å². The number of benzene rings is 3. The number of methoxy groups -OCH3 is 1. The maximum absolute atomic E-state index is 12.3. The summed E-state index contributed by atoms with van der Waals surface area (Å²) in [6, 6.07) is 22.8. The number of hydrogen-bond donors (Lipinski definition) is 1. The number of carbonyl (C=O) groups excluding carboxylic acids is 1. The van der Waals surface area contributed by atoms with Crippen molar-refractivity contribution in [2.24, 2.45) is 0 Å². The van der Waals surface area contributed by atoms with Gasteiger partial charge in [0.1, 0.15) is 5.75 Å². The van der Waals surface area contributed by atoms with Crippen LogP contribution in [0, 0.1) is 0 Å². The lowest BCUT2D eigenvalue weighted by atomic mass is 10.0. The number of rotatable bonds is 4. The predicted molar refractivity (Wildman–Crippen MR) is 106 cm³/mol. The van der Waals surface area contributed by atoms with Crippen molar-refractivity contribution in [3.63, 3.8) is 0 Å². The Labute approximate surface area is 156 Å². The molecule has 3 aromatic carbocycles. The van der Waals surface area contributed by atoms with Crippen molar-refractivity contribution in [1.29, 1.82) is 0 Å². The van der Waals surface area contributed by atoms with Gasteiger partial charge >= 0.3 is 0 Å². The molecule has 0 radical (unpaired) electrons. The summed E-state index contributed by atoms with van der Waals surface area (Å²) in [5, 5.41) is 4.92. The van der Waals surface area contributed by atoms with Crippen LogP contribution >= 0.6 is 0 Å². The van der Waals surface area contributed by atoms with Crippen molar-refractivity contribution >= 4 is 22.6 Å². The Morgan fingerprint density at radius 2 is 1.70 bits per heavy atom. The van der Waals surface area contributed by atoms with Crippen molar-refractivity contribution in [3.05, 3.63) is 84.6 Å². The average molecular weight is 355 g/mol. The largest absolute Gasteiger partial charge is 0.497 e. The second kappa shape index (κ2) is 7.25. The van der Waals surface area contributed by atoms with Crippen molar-refractivity contribution in [3.8, 4) is 17.0 Å². The summed E-state index contributed by atoms with van der Waals surface area (Å²) in [4.78, 5) is 20.9. The van der Waals surface area contributed by atoms with Crippen LogP contribution < -0.4 is 10.1 Å². The molecule has 0 saturated heterocycles. The van der Waals surface area contributed by atoms with Crippen molar-refractivity contribution in [2.75, 3.05) is 12.4 Å². The second-order valence-corrected chi connectivity index (χ2v) is 6.01. The number of anilines is 1. The van der Waals surface area contributed by atoms with Gasteiger partial charge in [0.15, 0.2) is 0 Å². The summed E-state index contributed by atoms with van der Waals surface area (Å²) in [5.74, 6) is 0.859. The third kappa shape index (κ3) is 3.62. The van der Waals surface area contributed by atoms with E-state index < -0.39 is 0 Å². The van der Waals surface area contributed by atoms with E-state index in [0.717, 1.165) is 27.8 Å². The summed E-state index contributed by atoms with van der Waals surface area (Å²) in [7, 11) is 1.65. The molecule has 0 atom stereocenters. The topological polar surface area (TPSA) is 64.1 Å². The van der Waals surface area contributed by atoms with Gasteiger partial charge in [-0.1, -0.05) is 36.4 Å². The van der Waals surface area contributed by atoms with Gasteiger partial charge in [-0.2, -0.15) is 0 Å². The van der Waals surface area contributed by atoms with Gasteiger partial charge in [0.2, 0.25) is 5.95 Å². The zero-order chi connectivity index (χ0) is 18.6. The fourth-order valence-corrected chi connectivity index (χ4v) is 2.85. The minimum absolute atomic E-state index is 0.238. The normalized spacial score (nSPS) is 10.6. The molecule has 4 aromatic rings. The number of ether oxygens (including phenoxy) is 1. The third-order valence-corrected chi connectivity index (χ3v) is 4.26. The molecule has 1 heterocycles. The second-order valence-electron chi connectivity index (χ2n) is 6.01. The van der Waals surface area contributed by atoms with E-state index in [1.807, 2.05) is 54.6 Å². The quantitative estimate of drug-likeness (QED) is 0.583. The van der Waals surface area contributed by atoms with Crippen LogP contribution in [0.4, 0.5) is 5.95 Å². The summed E-state index contributed by atoms with van der Waals surface area (Å²) < 4.78 is 5.27. The molecule has 0 bridgehead atoms. The molecule has 132 valence electrons. The van der Waals surface area contributed by atoms with Gasteiger partial charge in [-0.15, -0.1) is 0 Å². The van der Waals surface area contributed by atoms with Gasteiger partial charge in [-0.25, -0.2) is 9.97 Å². The van der Waals surface area contributed by atoms with Crippen LogP contribution in [0.5, 0.6) is 5.75 Å². The lowest BCUT2D eigenvalue weighted by Crippen LogP contribution is -2.14. The number of nitrogens with one attached hydrogen (secondary N) is 1. The van der Waals surface area contributed by atoms with E-state index in [1.54, 1.807) is 25.4 Å². The number of carbonyl (C=O) groups is 1. The summed E-state index contributed by atoms with van der Waals surface area (Å²) in [6.45, 7) is 0. The Morgan fingerprint density at radius 1 is 0.926 bits per heavy atom.